The van der Waals surface area contributed by atoms with Crippen molar-refractivity contribution >= 4 is 7.82 Å². The molecular weight excluding hydrogens is 289 g/mol. The Labute approximate surface area is 120 Å². The van der Waals surface area contributed by atoms with Crippen LogP contribution in [0.1, 0.15) is 0 Å². The average molecular weight is 316 g/mol. The summed E-state index contributed by atoms with van der Waals surface area (Å²) in [5.41, 5.74) is 0. The quantitative estimate of drug-likeness (QED) is 0.193. The molecule has 0 spiro atoms. The van der Waals surface area contributed by atoms with Gasteiger partial charge in [0.15, 0.2) is 0 Å². The zero-order valence-corrected chi connectivity index (χ0v) is 13.2. The molecule has 0 aromatic heterocycles. The second kappa shape index (κ2) is 11.4. The standard InChI is InChI=1S/C6H13O6P.C5H14NO/c1-2-3-11-5-6(4-7)12-13(8,9)10;1-6(2,3)4-5-7/h2,6-7H,1,3-5H2,(H2,8,9,10);7H,4-5H2,1-3H3/q;+1. The maximum absolute atomic E-state index is 10.3. The molecule has 0 aromatic carbocycles. The van der Waals surface area contributed by atoms with Gasteiger partial charge in [0.25, 0.3) is 0 Å². The minimum absolute atomic E-state index is 0.0897. The van der Waals surface area contributed by atoms with Gasteiger partial charge in [-0.25, -0.2) is 4.57 Å². The minimum Gasteiger partial charge on any atom is -0.394 e. The fourth-order valence-corrected chi connectivity index (χ4v) is 1.41. The normalized spacial score (nSPS) is 13.3. The van der Waals surface area contributed by atoms with E-state index in [1.165, 1.54) is 6.08 Å². The average Bonchev–Trinajstić information content (AvgIpc) is 2.25. The van der Waals surface area contributed by atoms with Crippen LogP contribution in [0.5, 0.6) is 0 Å². The van der Waals surface area contributed by atoms with Gasteiger partial charge < -0.3 is 29.2 Å². The highest BCUT2D eigenvalue weighted by Gasteiger charge is 2.21. The molecule has 1 unspecified atom stereocenters. The van der Waals surface area contributed by atoms with E-state index in [9.17, 15) is 4.57 Å². The highest BCUT2D eigenvalue weighted by molar-refractivity contribution is 7.46. The highest BCUT2D eigenvalue weighted by Crippen LogP contribution is 2.37. The monoisotopic (exact) mass is 316 g/mol. The second-order valence-electron chi connectivity index (χ2n) is 4.96. The molecule has 0 amide bonds. The zero-order valence-electron chi connectivity index (χ0n) is 12.3. The summed E-state index contributed by atoms with van der Waals surface area (Å²) < 4.78 is 20.2. The third-order valence-corrected chi connectivity index (χ3v) is 2.37. The van der Waals surface area contributed by atoms with E-state index in [4.69, 9.17) is 24.7 Å². The molecule has 0 saturated heterocycles. The van der Waals surface area contributed by atoms with E-state index < -0.39 is 20.5 Å². The third kappa shape index (κ3) is 20.0. The summed E-state index contributed by atoms with van der Waals surface area (Å²) in [6, 6.07) is 0. The van der Waals surface area contributed by atoms with Gasteiger partial charge in [-0.2, -0.15) is 0 Å². The van der Waals surface area contributed by atoms with Crippen molar-refractivity contribution in [1.82, 2.24) is 0 Å². The number of likely N-dealkylation sites (N-methyl/N-ethyl adjacent to an activating group) is 1. The first-order valence-corrected chi connectivity index (χ1v) is 7.53. The first-order valence-electron chi connectivity index (χ1n) is 6.00. The van der Waals surface area contributed by atoms with Gasteiger partial charge in [-0.1, -0.05) is 6.08 Å². The Morgan fingerprint density at radius 2 is 1.85 bits per heavy atom. The van der Waals surface area contributed by atoms with Crippen LogP contribution in [0.3, 0.4) is 0 Å². The summed E-state index contributed by atoms with van der Waals surface area (Å²) in [7, 11) is 1.60. The fourth-order valence-electron chi connectivity index (χ4n) is 0.893. The lowest BCUT2D eigenvalue weighted by molar-refractivity contribution is -0.870. The van der Waals surface area contributed by atoms with E-state index in [1.807, 2.05) is 0 Å². The SMILES string of the molecule is C=CCOCC(CO)OP(=O)(O)O.C[N+](C)(C)CCO. The molecule has 9 heteroatoms. The molecule has 0 aliphatic heterocycles. The van der Waals surface area contributed by atoms with Crippen LogP contribution in [-0.2, 0) is 13.8 Å². The molecule has 0 bridgehead atoms. The van der Waals surface area contributed by atoms with Crippen LogP contribution in [0.2, 0.25) is 0 Å². The van der Waals surface area contributed by atoms with Gasteiger partial charge in [-0.3, -0.25) is 4.52 Å². The summed E-state index contributed by atoms with van der Waals surface area (Å²) >= 11 is 0. The molecule has 0 radical (unpaired) electrons. The van der Waals surface area contributed by atoms with Crippen LogP contribution in [0.15, 0.2) is 12.7 Å². The molecule has 0 saturated carbocycles. The number of rotatable bonds is 9. The molecule has 0 rings (SSSR count). The lowest BCUT2D eigenvalue weighted by Crippen LogP contribution is -2.36. The molecule has 0 heterocycles. The molecule has 4 N–H and O–H groups in total. The fraction of sp³-hybridized carbons (Fsp3) is 0.818. The molecular formula is C11H27NO7P+. The molecule has 0 fully saturated rings. The first kappa shape index (κ1) is 22.0. The van der Waals surface area contributed by atoms with Gasteiger partial charge in [0.05, 0.1) is 47.6 Å². The molecule has 0 aromatic rings. The lowest BCUT2D eigenvalue weighted by atomic mass is 10.4. The predicted molar refractivity (Wildman–Crippen MR) is 75.0 cm³/mol. The Morgan fingerprint density at radius 1 is 1.30 bits per heavy atom. The Hall–Kier alpha value is -0.310. The molecule has 20 heavy (non-hydrogen) atoms. The van der Waals surface area contributed by atoms with E-state index >= 15 is 0 Å². The van der Waals surface area contributed by atoms with Crippen LogP contribution in [0.4, 0.5) is 0 Å². The molecule has 0 aliphatic carbocycles. The van der Waals surface area contributed by atoms with Crippen LogP contribution >= 0.6 is 7.82 Å². The smallest absolute Gasteiger partial charge is 0.394 e. The van der Waals surface area contributed by atoms with Gasteiger partial charge in [0, 0.05) is 0 Å². The van der Waals surface area contributed by atoms with Crippen molar-refractivity contribution in [1.29, 1.82) is 0 Å². The van der Waals surface area contributed by atoms with Crippen molar-refractivity contribution < 1.29 is 38.3 Å². The van der Waals surface area contributed by atoms with Crippen molar-refractivity contribution in [2.24, 2.45) is 0 Å². The largest absolute Gasteiger partial charge is 0.470 e. The van der Waals surface area contributed by atoms with E-state index in [2.05, 4.69) is 32.2 Å². The van der Waals surface area contributed by atoms with Gasteiger partial charge >= 0.3 is 7.82 Å². The topological polar surface area (TPSA) is 116 Å². The number of hydrogen-bond donors (Lipinski definition) is 4. The van der Waals surface area contributed by atoms with Crippen molar-refractivity contribution in [2.75, 3.05) is 54.1 Å². The van der Waals surface area contributed by atoms with Gasteiger partial charge in [-0.05, 0) is 0 Å². The maximum Gasteiger partial charge on any atom is 0.470 e. The third-order valence-electron chi connectivity index (χ3n) is 1.80. The summed E-state index contributed by atoms with van der Waals surface area (Å²) in [6.45, 7) is 4.13. The Bertz CT molecular complexity index is 287. The Kier molecular flexibility index (Phi) is 12.5. The number of hydrogen-bond acceptors (Lipinski definition) is 5. The van der Waals surface area contributed by atoms with E-state index in [1.54, 1.807) is 0 Å². The van der Waals surface area contributed by atoms with Crippen molar-refractivity contribution in [3.63, 3.8) is 0 Å². The highest BCUT2D eigenvalue weighted by atomic mass is 31.2. The van der Waals surface area contributed by atoms with Crippen molar-refractivity contribution in [2.45, 2.75) is 6.10 Å². The predicted octanol–water partition coefficient (Wildman–Crippen LogP) is -0.656. The molecule has 8 nitrogen and oxygen atoms in total. The van der Waals surface area contributed by atoms with Crippen LogP contribution in [-0.4, -0.2) is 84.7 Å². The van der Waals surface area contributed by atoms with E-state index in [0.717, 1.165) is 11.0 Å². The number of ether oxygens (including phenoxy) is 1. The maximum atomic E-state index is 10.3. The van der Waals surface area contributed by atoms with E-state index in [-0.39, 0.29) is 19.8 Å². The van der Waals surface area contributed by atoms with E-state index in [0.29, 0.717) is 0 Å². The Morgan fingerprint density at radius 3 is 2.10 bits per heavy atom. The number of nitrogens with zero attached hydrogens (tertiary/aromatic N) is 1. The zero-order chi connectivity index (χ0) is 16.2. The van der Waals surface area contributed by atoms with Gasteiger partial charge in [-0.15, -0.1) is 6.58 Å². The number of aliphatic hydroxyl groups is 2. The summed E-state index contributed by atoms with van der Waals surface area (Å²) in [5.74, 6) is 0. The Balaban J connectivity index is 0. The van der Waals surface area contributed by atoms with Crippen molar-refractivity contribution in [3.8, 4) is 0 Å². The summed E-state index contributed by atoms with van der Waals surface area (Å²) in [4.78, 5) is 16.8. The summed E-state index contributed by atoms with van der Waals surface area (Å²) in [6.07, 6.45) is 0.465. The molecule has 0 aliphatic rings. The minimum atomic E-state index is -4.55. The van der Waals surface area contributed by atoms with Crippen LogP contribution < -0.4 is 0 Å². The van der Waals surface area contributed by atoms with Crippen LogP contribution in [0, 0.1) is 0 Å². The van der Waals surface area contributed by atoms with Crippen LogP contribution in [0.25, 0.3) is 0 Å². The number of phosphoric acid groups is 1. The molecule has 1 atom stereocenters. The second-order valence-corrected chi connectivity index (χ2v) is 6.16. The first-order chi connectivity index (χ1) is 9.05. The van der Waals surface area contributed by atoms with Gasteiger partial charge in [0.2, 0.25) is 0 Å². The molecule has 122 valence electrons. The number of aliphatic hydroxyl groups excluding tert-OH is 2. The van der Waals surface area contributed by atoms with Gasteiger partial charge in [0.1, 0.15) is 12.6 Å². The number of phosphoric ester groups is 1. The lowest BCUT2D eigenvalue weighted by Gasteiger charge is -2.21. The van der Waals surface area contributed by atoms with Crippen molar-refractivity contribution in [3.05, 3.63) is 12.7 Å². The number of quaternary nitrogens is 1. The summed E-state index contributed by atoms with van der Waals surface area (Å²) in [5, 5.41) is 17.0.